The number of hydrogen-bond donors (Lipinski definition) is 4. The second kappa shape index (κ2) is 12.1. The van der Waals surface area contributed by atoms with E-state index in [2.05, 4.69) is 27.8 Å². The van der Waals surface area contributed by atoms with Crippen molar-refractivity contribution in [3.8, 4) is 0 Å². The van der Waals surface area contributed by atoms with Gasteiger partial charge in [-0.25, -0.2) is 4.79 Å². The molecule has 2 rings (SSSR count). The normalized spacial score (nSPS) is 10.3. The maximum Gasteiger partial charge on any atom is 0.319 e. The molecule has 0 saturated carbocycles. The van der Waals surface area contributed by atoms with Gasteiger partial charge in [0.05, 0.1) is 0 Å². The van der Waals surface area contributed by atoms with Crippen LogP contribution >= 0.6 is 0 Å². The van der Waals surface area contributed by atoms with Gasteiger partial charge >= 0.3 is 6.03 Å². The van der Waals surface area contributed by atoms with Crippen molar-refractivity contribution in [3.05, 3.63) is 77.9 Å². The Kier molecular flexibility index (Phi) is 9.25. The maximum atomic E-state index is 12.2. The van der Waals surface area contributed by atoms with Crippen LogP contribution in [0.5, 0.6) is 0 Å². The molecule has 0 saturated heterocycles. The van der Waals surface area contributed by atoms with Crippen LogP contribution in [0.25, 0.3) is 0 Å². The molecule has 0 aromatic heterocycles. The van der Waals surface area contributed by atoms with Gasteiger partial charge in [0, 0.05) is 43.0 Å². The van der Waals surface area contributed by atoms with Crippen LogP contribution in [0.1, 0.15) is 26.3 Å². The Morgan fingerprint density at radius 3 is 2.32 bits per heavy atom. The van der Waals surface area contributed by atoms with Gasteiger partial charge in [0.15, 0.2) is 0 Å². The van der Waals surface area contributed by atoms with Gasteiger partial charge in [0.2, 0.25) is 0 Å². The third-order valence-electron chi connectivity index (χ3n) is 4.30. The highest BCUT2D eigenvalue weighted by atomic mass is 16.2. The minimum Gasteiger partial charge on any atom is -0.351 e. The Morgan fingerprint density at radius 2 is 1.65 bits per heavy atom. The Hall–Kier alpha value is -3.65. The van der Waals surface area contributed by atoms with Crippen molar-refractivity contribution in [1.82, 2.24) is 20.9 Å². The molecule has 2 aromatic carbocycles. The summed E-state index contributed by atoms with van der Waals surface area (Å²) < 4.78 is 0. The summed E-state index contributed by atoms with van der Waals surface area (Å²) in [5, 5.41) is 11.0. The lowest BCUT2D eigenvalue weighted by atomic mass is 10.1. The minimum atomic E-state index is -0.385. The molecule has 2 aromatic rings. The van der Waals surface area contributed by atoms with Gasteiger partial charge in [-0.05, 0) is 56.1 Å². The first kappa shape index (κ1) is 23.6. The summed E-state index contributed by atoms with van der Waals surface area (Å²) >= 11 is 0. The van der Waals surface area contributed by atoms with Crippen molar-refractivity contribution in [2.45, 2.75) is 6.54 Å². The lowest BCUT2D eigenvalue weighted by molar-refractivity contribution is 0.0945. The Balaban J connectivity index is 1.83. The molecule has 8 nitrogen and oxygen atoms in total. The summed E-state index contributed by atoms with van der Waals surface area (Å²) in [5.74, 6) is -0.355. The predicted octanol–water partition coefficient (Wildman–Crippen LogP) is 2.22. The van der Waals surface area contributed by atoms with Gasteiger partial charge in [-0.1, -0.05) is 18.2 Å². The van der Waals surface area contributed by atoms with Crippen LogP contribution < -0.4 is 21.3 Å². The molecule has 4 N–H and O–H groups in total. The van der Waals surface area contributed by atoms with Crippen LogP contribution in [0.4, 0.5) is 10.5 Å². The Bertz CT molecular complexity index is 910. The first-order valence-electron chi connectivity index (χ1n) is 9.95. The van der Waals surface area contributed by atoms with Crippen molar-refractivity contribution in [1.29, 1.82) is 0 Å². The summed E-state index contributed by atoms with van der Waals surface area (Å²) in [4.78, 5) is 38.3. The number of rotatable bonds is 10. The molecule has 8 heteroatoms. The monoisotopic (exact) mass is 423 g/mol. The molecule has 0 heterocycles. The summed E-state index contributed by atoms with van der Waals surface area (Å²) in [7, 11) is 3.89. The number of carbonyl (C=O) groups excluding carboxylic acids is 3. The van der Waals surface area contributed by atoms with E-state index >= 15 is 0 Å². The molecule has 0 fully saturated rings. The van der Waals surface area contributed by atoms with Crippen LogP contribution in [0.15, 0.2) is 61.2 Å². The summed E-state index contributed by atoms with van der Waals surface area (Å²) in [6.07, 6.45) is 1.60. The standard InChI is InChI=1S/C23H29N5O3/c1-4-12-24-21(29)18-8-10-20(11-9-18)27-23(31)26-16-17-6-5-7-19(15-17)22(30)25-13-14-28(2)3/h4-11,15H,1,12-14,16H2,2-3H3,(H,24,29)(H,25,30)(H2,26,27,31). The van der Waals surface area contributed by atoms with Crippen LogP contribution in [-0.4, -0.2) is 56.5 Å². The Labute approximate surface area is 182 Å². The zero-order chi connectivity index (χ0) is 22.6. The molecule has 4 amide bonds. The molecule has 0 aliphatic rings. The van der Waals surface area contributed by atoms with Crippen molar-refractivity contribution in [2.24, 2.45) is 0 Å². The van der Waals surface area contributed by atoms with E-state index in [1.807, 2.05) is 25.1 Å². The second-order valence-electron chi connectivity index (χ2n) is 7.14. The Morgan fingerprint density at radius 1 is 0.935 bits per heavy atom. The van der Waals surface area contributed by atoms with Crippen LogP contribution in [0, 0.1) is 0 Å². The van der Waals surface area contributed by atoms with Gasteiger partial charge < -0.3 is 26.2 Å². The zero-order valence-corrected chi connectivity index (χ0v) is 17.9. The first-order chi connectivity index (χ1) is 14.9. The molecule has 0 spiro atoms. The van der Waals surface area contributed by atoms with E-state index in [0.29, 0.717) is 29.9 Å². The third kappa shape index (κ3) is 8.31. The number of anilines is 1. The number of benzene rings is 2. The van der Waals surface area contributed by atoms with E-state index in [-0.39, 0.29) is 24.4 Å². The third-order valence-corrected chi connectivity index (χ3v) is 4.30. The van der Waals surface area contributed by atoms with Crippen LogP contribution in [0.2, 0.25) is 0 Å². The van der Waals surface area contributed by atoms with Crippen LogP contribution in [0.3, 0.4) is 0 Å². The lowest BCUT2D eigenvalue weighted by Crippen LogP contribution is -2.31. The van der Waals surface area contributed by atoms with Crippen molar-refractivity contribution >= 4 is 23.5 Å². The average molecular weight is 424 g/mol. The fraction of sp³-hybridized carbons (Fsp3) is 0.261. The van der Waals surface area contributed by atoms with Gasteiger partial charge in [0.25, 0.3) is 11.8 Å². The number of carbonyl (C=O) groups is 3. The number of amides is 4. The maximum absolute atomic E-state index is 12.2. The molecular weight excluding hydrogens is 394 g/mol. The highest BCUT2D eigenvalue weighted by molar-refractivity contribution is 5.96. The molecule has 164 valence electrons. The highest BCUT2D eigenvalue weighted by Crippen LogP contribution is 2.10. The summed E-state index contributed by atoms with van der Waals surface area (Å²) in [6, 6.07) is 13.3. The number of nitrogens with zero attached hydrogens (tertiary/aromatic N) is 1. The van der Waals surface area contributed by atoms with Gasteiger partial charge in [-0.2, -0.15) is 0 Å². The fourth-order valence-corrected chi connectivity index (χ4v) is 2.65. The zero-order valence-electron chi connectivity index (χ0n) is 17.9. The van der Waals surface area contributed by atoms with E-state index in [0.717, 1.165) is 12.1 Å². The second-order valence-corrected chi connectivity index (χ2v) is 7.14. The number of nitrogens with one attached hydrogen (secondary N) is 4. The number of urea groups is 1. The van der Waals surface area contributed by atoms with E-state index in [1.165, 1.54) is 0 Å². The lowest BCUT2D eigenvalue weighted by Gasteiger charge is -2.11. The van der Waals surface area contributed by atoms with Gasteiger partial charge in [-0.15, -0.1) is 6.58 Å². The number of hydrogen-bond acceptors (Lipinski definition) is 4. The SMILES string of the molecule is C=CCNC(=O)c1ccc(NC(=O)NCc2cccc(C(=O)NCCN(C)C)c2)cc1. The topological polar surface area (TPSA) is 103 Å². The quantitative estimate of drug-likeness (QED) is 0.440. The van der Waals surface area contributed by atoms with Gasteiger partial charge in [0.1, 0.15) is 0 Å². The predicted molar refractivity (Wildman–Crippen MR) is 122 cm³/mol. The summed E-state index contributed by atoms with van der Waals surface area (Å²) in [6.45, 7) is 5.53. The van der Waals surface area contributed by atoms with Gasteiger partial charge in [-0.3, -0.25) is 9.59 Å². The van der Waals surface area contributed by atoms with Crippen molar-refractivity contribution < 1.29 is 14.4 Å². The summed E-state index contributed by atoms with van der Waals surface area (Å²) in [5.41, 5.74) is 2.41. The number of likely N-dealkylation sites (N-methyl/N-ethyl adjacent to an activating group) is 1. The molecular formula is C23H29N5O3. The van der Waals surface area contributed by atoms with Crippen molar-refractivity contribution in [3.63, 3.8) is 0 Å². The highest BCUT2D eigenvalue weighted by Gasteiger charge is 2.08. The minimum absolute atomic E-state index is 0.148. The molecule has 0 bridgehead atoms. The van der Waals surface area contributed by atoms with Crippen LogP contribution in [-0.2, 0) is 6.54 Å². The molecule has 0 aliphatic heterocycles. The molecule has 0 aliphatic carbocycles. The molecule has 0 unspecified atom stereocenters. The van der Waals surface area contributed by atoms with E-state index in [1.54, 1.807) is 48.5 Å². The van der Waals surface area contributed by atoms with Crippen molar-refractivity contribution in [2.75, 3.05) is 39.0 Å². The van der Waals surface area contributed by atoms with E-state index in [4.69, 9.17) is 0 Å². The van der Waals surface area contributed by atoms with E-state index < -0.39 is 0 Å². The molecule has 0 atom stereocenters. The first-order valence-corrected chi connectivity index (χ1v) is 9.95. The van der Waals surface area contributed by atoms with E-state index in [9.17, 15) is 14.4 Å². The average Bonchev–Trinajstić information content (AvgIpc) is 2.76. The fourth-order valence-electron chi connectivity index (χ4n) is 2.65. The smallest absolute Gasteiger partial charge is 0.319 e. The largest absolute Gasteiger partial charge is 0.351 e. The molecule has 0 radical (unpaired) electrons. The molecule has 31 heavy (non-hydrogen) atoms.